The number of hydrogen-bond acceptors (Lipinski definition) is 3. The monoisotopic (exact) mass is 322 g/mol. The van der Waals surface area contributed by atoms with E-state index < -0.39 is 13.6 Å². The molecule has 1 amide bonds. The maximum absolute atomic E-state index is 12.7. The van der Waals surface area contributed by atoms with E-state index in [0.717, 1.165) is 0 Å². The average Bonchev–Trinajstić information content (AvgIpc) is 2.38. The van der Waals surface area contributed by atoms with Crippen molar-refractivity contribution in [1.82, 2.24) is 9.76 Å². The molecule has 19 heavy (non-hydrogen) atoms. The van der Waals surface area contributed by atoms with Crippen LogP contribution in [0.2, 0.25) is 0 Å². The quantitative estimate of drug-likeness (QED) is 0.669. The zero-order valence-corrected chi connectivity index (χ0v) is 12.4. The highest BCUT2D eigenvalue weighted by molar-refractivity contribution is 7.55. The van der Waals surface area contributed by atoms with Crippen LogP contribution in [0.15, 0.2) is 24.3 Å². The Morgan fingerprint density at radius 1 is 1.21 bits per heavy atom. The van der Waals surface area contributed by atoms with Gasteiger partial charge in [-0.25, -0.2) is 9.24 Å². The second-order valence-electron chi connectivity index (χ2n) is 3.88. The van der Waals surface area contributed by atoms with E-state index in [1.165, 1.54) is 4.67 Å². The molecular formula is C11H13Cl2N2O3P. The molecule has 0 radical (unpaired) electrons. The van der Waals surface area contributed by atoms with Crippen molar-refractivity contribution in [3.8, 4) is 5.75 Å². The van der Waals surface area contributed by atoms with Gasteiger partial charge in [-0.2, -0.15) is 0 Å². The summed E-state index contributed by atoms with van der Waals surface area (Å²) in [5, 5.41) is 2.42. The molecule has 1 aliphatic rings. The molecule has 5 nitrogen and oxygen atoms in total. The second-order valence-corrected chi connectivity index (χ2v) is 6.65. The summed E-state index contributed by atoms with van der Waals surface area (Å²) < 4.78 is 19.7. The molecule has 8 heteroatoms. The Morgan fingerprint density at radius 3 is 2.47 bits per heavy atom. The fourth-order valence-electron chi connectivity index (χ4n) is 1.78. The first-order chi connectivity index (χ1) is 9.10. The van der Waals surface area contributed by atoms with Gasteiger partial charge in [-0.05, 0) is 12.1 Å². The van der Waals surface area contributed by atoms with Gasteiger partial charge >= 0.3 is 7.67 Å². The Kier molecular flexibility index (Phi) is 4.74. The molecule has 0 saturated heterocycles. The molecular weight excluding hydrogens is 310 g/mol. The van der Waals surface area contributed by atoms with E-state index in [1.807, 2.05) is 0 Å². The van der Waals surface area contributed by atoms with Crippen molar-refractivity contribution in [2.75, 3.05) is 24.8 Å². The minimum Gasteiger partial charge on any atom is -0.417 e. The number of para-hydroxylation sites is 1. The number of alkyl halides is 2. The third-order valence-electron chi connectivity index (χ3n) is 2.65. The van der Waals surface area contributed by atoms with Crippen molar-refractivity contribution in [3.63, 3.8) is 0 Å². The molecule has 0 bridgehead atoms. The molecule has 0 aliphatic carbocycles. The third kappa shape index (κ3) is 3.06. The summed E-state index contributed by atoms with van der Waals surface area (Å²) in [4.78, 5) is 12.0. The van der Waals surface area contributed by atoms with E-state index in [4.69, 9.17) is 27.7 Å². The minimum atomic E-state index is -3.48. The van der Waals surface area contributed by atoms with E-state index in [9.17, 15) is 9.36 Å². The Labute approximate surface area is 121 Å². The van der Waals surface area contributed by atoms with Gasteiger partial charge in [0.15, 0.2) is 0 Å². The summed E-state index contributed by atoms with van der Waals surface area (Å²) in [6.45, 7) is 0.627. The number of carbonyl (C=O) groups is 1. The van der Waals surface area contributed by atoms with Gasteiger partial charge in [-0.1, -0.05) is 12.1 Å². The zero-order valence-electron chi connectivity index (χ0n) is 10.0. The Morgan fingerprint density at radius 2 is 1.84 bits per heavy atom. The van der Waals surface area contributed by atoms with Crippen LogP contribution in [0.3, 0.4) is 0 Å². The third-order valence-corrected chi connectivity index (χ3v) is 5.07. The number of nitrogens with one attached hydrogen (secondary N) is 1. The van der Waals surface area contributed by atoms with Gasteiger partial charge in [-0.15, -0.1) is 23.2 Å². The number of nitrogens with zero attached hydrogens (tertiary/aromatic N) is 1. The Hall–Kier alpha value is -0.740. The molecule has 1 aliphatic heterocycles. The summed E-state index contributed by atoms with van der Waals surface area (Å²) >= 11 is 11.4. The van der Waals surface area contributed by atoms with Crippen LogP contribution in [0.25, 0.3) is 0 Å². The number of amides is 1. The van der Waals surface area contributed by atoms with Crippen LogP contribution in [0.4, 0.5) is 0 Å². The molecule has 1 heterocycles. The second kappa shape index (κ2) is 6.14. The first-order valence-corrected chi connectivity index (χ1v) is 8.34. The van der Waals surface area contributed by atoms with Crippen LogP contribution in [-0.4, -0.2) is 35.4 Å². The predicted molar refractivity (Wildman–Crippen MR) is 75.2 cm³/mol. The van der Waals surface area contributed by atoms with Crippen molar-refractivity contribution in [3.05, 3.63) is 29.8 Å². The number of benzene rings is 1. The number of hydrogen-bond donors (Lipinski definition) is 1. The van der Waals surface area contributed by atoms with Gasteiger partial charge in [0.2, 0.25) is 0 Å². The van der Waals surface area contributed by atoms with Crippen LogP contribution in [0.1, 0.15) is 10.4 Å². The molecule has 1 atom stereocenters. The van der Waals surface area contributed by atoms with E-state index in [2.05, 4.69) is 5.09 Å². The molecule has 1 unspecified atom stereocenters. The smallest absolute Gasteiger partial charge is 0.417 e. The summed E-state index contributed by atoms with van der Waals surface area (Å²) in [7, 11) is -3.48. The summed E-state index contributed by atoms with van der Waals surface area (Å²) in [6, 6.07) is 6.66. The van der Waals surface area contributed by atoms with Gasteiger partial charge in [-0.3, -0.25) is 9.88 Å². The molecule has 2 rings (SSSR count). The summed E-state index contributed by atoms with van der Waals surface area (Å²) in [5.74, 6) is 0.423. The lowest BCUT2D eigenvalue weighted by Gasteiger charge is -2.33. The molecule has 0 saturated carbocycles. The fraction of sp³-hybridized carbons (Fsp3) is 0.364. The Balaban J connectivity index is 2.31. The van der Waals surface area contributed by atoms with Gasteiger partial charge in [0.05, 0.1) is 5.56 Å². The highest BCUT2D eigenvalue weighted by Gasteiger charge is 2.40. The lowest BCUT2D eigenvalue weighted by Crippen LogP contribution is -2.39. The maximum atomic E-state index is 12.7. The zero-order chi connectivity index (χ0) is 13.9. The van der Waals surface area contributed by atoms with E-state index in [-0.39, 0.29) is 11.8 Å². The van der Waals surface area contributed by atoms with Gasteiger partial charge in [0.25, 0.3) is 5.91 Å². The molecule has 104 valence electrons. The molecule has 0 aromatic heterocycles. The first kappa shape index (κ1) is 14.7. The van der Waals surface area contributed by atoms with Crippen LogP contribution in [0.5, 0.6) is 5.75 Å². The summed E-state index contributed by atoms with van der Waals surface area (Å²) in [5.41, 5.74) is 0.366. The number of rotatable bonds is 5. The van der Waals surface area contributed by atoms with Gasteiger partial charge < -0.3 is 4.52 Å². The largest absolute Gasteiger partial charge is 0.422 e. The van der Waals surface area contributed by atoms with E-state index in [0.29, 0.717) is 24.4 Å². The minimum absolute atomic E-state index is 0.266. The van der Waals surface area contributed by atoms with Crippen molar-refractivity contribution >= 4 is 36.8 Å². The van der Waals surface area contributed by atoms with Gasteiger partial charge in [0.1, 0.15) is 5.75 Å². The number of carbonyl (C=O) groups excluding carboxylic acids is 1. The number of fused-ring (bicyclic) bond motifs is 1. The average molecular weight is 323 g/mol. The van der Waals surface area contributed by atoms with E-state index in [1.54, 1.807) is 24.3 Å². The van der Waals surface area contributed by atoms with Crippen molar-refractivity contribution in [1.29, 1.82) is 0 Å². The molecule has 0 spiro atoms. The summed E-state index contributed by atoms with van der Waals surface area (Å²) in [6.07, 6.45) is 0. The van der Waals surface area contributed by atoms with E-state index >= 15 is 0 Å². The molecule has 1 aromatic rings. The van der Waals surface area contributed by atoms with Crippen LogP contribution in [0, 0.1) is 0 Å². The van der Waals surface area contributed by atoms with Crippen LogP contribution in [-0.2, 0) is 4.57 Å². The molecule has 1 N–H and O–H groups in total. The van der Waals surface area contributed by atoms with Gasteiger partial charge in [0, 0.05) is 24.8 Å². The maximum Gasteiger partial charge on any atom is 0.422 e. The van der Waals surface area contributed by atoms with Crippen LogP contribution >= 0.6 is 30.9 Å². The predicted octanol–water partition coefficient (Wildman–Crippen LogP) is 2.70. The van der Waals surface area contributed by atoms with Crippen molar-refractivity contribution in [2.45, 2.75) is 0 Å². The SMILES string of the molecule is O=C1NP(=O)(N(CCCl)CCCl)Oc2ccccc21. The topological polar surface area (TPSA) is 58.6 Å². The molecule has 0 fully saturated rings. The van der Waals surface area contributed by atoms with Crippen molar-refractivity contribution < 1.29 is 13.9 Å². The first-order valence-electron chi connectivity index (χ1n) is 5.69. The Bertz CT molecular complexity index is 520. The lowest BCUT2D eigenvalue weighted by molar-refractivity contribution is 0.0963. The highest BCUT2D eigenvalue weighted by atomic mass is 35.5. The highest BCUT2D eigenvalue weighted by Crippen LogP contribution is 2.50. The van der Waals surface area contributed by atoms with Crippen LogP contribution < -0.4 is 9.61 Å². The normalized spacial score (nSPS) is 21.7. The standard InChI is InChI=1S/C11H13Cl2N2O3P/c12-5-7-15(8-6-13)19(17)14-11(16)9-3-1-2-4-10(9)18-19/h1-4H,5-8H2,(H,14,16,17). The van der Waals surface area contributed by atoms with Crippen molar-refractivity contribution in [2.24, 2.45) is 0 Å². The number of halogens is 2. The fourth-order valence-corrected chi connectivity index (χ4v) is 4.25. The lowest BCUT2D eigenvalue weighted by atomic mass is 10.2. The molecule has 1 aromatic carbocycles.